The first-order chi connectivity index (χ1) is 15.3. The van der Waals surface area contributed by atoms with Crippen molar-refractivity contribution in [2.45, 2.75) is 19.4 Å². The van der Waals surface area contributed by atoms with E-state index in [1.807, 2.05) is 31.2 Å². The van der Waals surface area contributed by atoms with Crippen LogP contribution in [0, 0.1) is 5.82 Å². The largest absolute Gasteiger partial charge is 0.507 e. The standard InChI is InChI=1S/C25H18BrClFNO3/c1-2-14-3-5-15(6-4-14)22-21(23(30)16-7-9-17(26)10-8-16)24(31)25(32)29(22)18-11-12-20(28)19(27)13-18/h3-13,22,30H,2H2,1H3/b23-21+. The Bertz CT molecular complexity index is 1240. The first-order valence-corrected chi connectivity index (χ1v) is 11.1. The van der Waals surface area contributed by atoms with E-state index in [9.17, 15) is 19.1 Å². The zero-order valence-corrected chi connectivity index (χ0v) is 19.3. The second kappa shape index (κ2) is 8.88. The van der Waals surface area contributed by atoms with E-state index in [4.69, 9.17) is 11.6 Å². The number of benzene rings is 3. The molecule has 1 aliphatic rings. The van der Waals surface area contributed by atoms with Crippen LogP contribution in [0.4, 0.5) is 10.1 Å². The third kappa shape index (κ3) is 3.96. The number of aryl methyl sites for hydroxylation is 1. The van der Waals surface area contributed by atoms with E-state index in [1.165, 1.54) is 17.0 Å². The number of hydrogen-bond donors (Lipinski definition) is 1. The van der Waals surface area contributed by atoms with E-state index >= 15 is 0 Å². The molecule has 0 aliphatic carbocycles. The SMILES string of the molecule is CCc1ccc(C2/C(=C(\O)c3ccc(Br)cc3)C(=O)C(=O)N2c2ccc(F)c(Cl)c2)cc1. The number of hydrogen-bond acceptors (Lipinski definition) is 3. The number of halogens is 3. The van der Waals surface area contributed by atoms with Crippen LogP contribution < -0.4 is 4.90 Å². The lowest BCUT2D eigenvalue weighted by Crippen LogP contribution is -2.29. The molecule has 1 heterocycles. The van der Waals surface area contributed by atoms with E-state index in [0.717, 1.165) is 22.5 Å². The number of anilines is 1. The number of aliphatic hydroxyl groups excluding tert-OH is 1. The van der Waals surface area contributed by atoms with Gasteiger partial charge in [0.15, 0.2) is 0 Å². The molecule has 0 saturated carbocycles. The molecule has 1 unspecified atom stereocenters. The van der Waals surface area contributed by atoms with Crippen LogP contribution in [0.3, 0.4) is 0 Å². The maximum Gasteiger partial charge on any atom is 0.300 e. The van der Waals surface area contributed by atoms with Crippen LogP contribution in [-0.4, -0.2) is 16.8 Å². The van der Waals surface area contributed by atoms with Crippen molar-refractivity contribution in [1.29, 1.82) is 0 Å². The Hall–Kier alpha value is -2.96. The fourth-order valence-corrected chi connectivity index (χ4v) is 4.19. The van der Waals surface area contributed by atoms with Gasteiger partial charge in [0.05, 0.1) is 16.6 Å². The Kier molecular flexibility index (Phi) is 6.17. The van der Waals surface area contributed by atoms with Crippen LogP contribution in [0.15, 0.2) is 76.8 Å². The van der Waals surface area contributed by atoms with Crippen molar-refractivity contribution in [1.82, 2.24) is 0 Å². The van der Waals surface area contributed by atoms with Crippen molar-refractivity contribution < 1.29 is 19.1 Å². The molecular weight excluding hydrogens is 497 g/mol. The molecule has 0 aromatic heterocycles. The maximum absolute atomic E-state index is 13.8. The summed E-state index contributed by atoms with van der Waals surface area (Å²) < 4.78 is 14.6. The van der Waals surface area contributed by atoms with E-state index < -0.39 is 23.5 Å². The number of aliphatic hydroxyl groups is 1. The fourth-order valence-electron chi connectivity index (χ4n) is 3.75. The summed E-state index contributed by atoms with van der Waals surface area (Å²) in [6.45, 7) is 2.02. The highest BCUT2D eigenvalue weighted by molar-refractivity contribution is 9.10. The van der Waals surface area contributed by atoms with Gasteiger partial charge >= 0.3 is 0 Å². The number of Topliss-reactive ketones (excluding diaryl/α,β-unsaturated/α-hetero) is 1. The molecule has 0 bridgehead atoms. The molecule has 0 spiro atoms. The third-order valence-electron chi connectivity index (χ3n) is 5.45. The molecule has 32 heavy (non-hydrogen) atoms. The van der Waals surface area contributed by atoms with Gasteiger partial charge in [-0.25, -0.2) is 4.39 Å². The molecule has 1 saturated heterocycles. The fraction of sp³-hybridized carbons (Fsp3) is 0.120. The van der Waals surface area contributed by atoms with Gasteiger partial charge in [0.1, 0.15) is 11.6 Å². The second-order valence-corrected chi connectivity index (χ2v) is 8.69. The van der Waals surface area contributed by atoms with E-state index in [1.54, 1.807) is 24.3 Å². The molecule has 162 valence electrons. The minimum Gasteiger partial charge on any atom is -0.507 e. The first kappa shape index (κ1) is 22.2. The van der Waals surface area contributed by atoms with Crippen molar-refractivity contribution in [3.63, 3.8) is 0 Å². The molecule has 1 amide bonds. The summed E-state index contributed by atoms with van der Waals surface area (Å²) in [5.74, 6) is -2.56. The zero-order valence-electron chi connectivity index (χ0n) is 17.0. The van der Waals surface area contributed by atoms with Gasteiger partial charge in [0.2, 0.25) is 0 Å². The Morgan fingerprint density at radius 3 is 2.31 bits per heavy atom. The summed E-state index contributed by atoms with van der Waals surface area (Å²) in [5.41, 5.74) is 2.35. The van der Waals surface area contributed by atoms with E-state index in [-0.39, 0.29) is 22.0 Å². The highest BCUT2D eigenvalue weighted by Crippen LogP contribution is 2.43. The summed E-state index contributed by atoms with van der Waals surface area (Å²) in [4.78, 5) is 27.4. The summed E-state index contributed by atoms with van der Waals surface area (Å²) in [6.07, 6.45) is 0.826. The first-order valence-electron chi connectivity index (χ1n) is 9.92. The van der Waals surface area contributed by atoms with Gasteiger partial charge in [0, 0.05) is 15.7 Å². The normalized spacial score (nSPS) is 17.8. The summed E-state index contributed by atoms with van der Waals surface area (Å²) in [5, 5.41) is 10.9. The minimum atomic E-state index is -0.897. The number of nitrogens with zero attached hydrogens (tertiary/aromatic N) is 1. The average molecular weight is 515 g/mol. The lowest BCUT2D eigenvalue weighted by Gasteiger charge is -2.26. The van der Waals surface area contributed by atoms with Crippen molar-refractivity contribution in [2.24, 2.45) is 0 Å². The molecule has 3 aromatic rings. The smallest absolute Gasteiger partial charge is 0.300 e. The summed E-state index contributed by atoms with van der Waals surface area (Å²) in [7, 11) is 0. The Labute approximate surface area is 198 Å². The van der Waals surface area contributed by atoms with Gasteiger partial charge in [-0.1, -0.05) is 70.9 Å². The highest BCUT2D eigenvalue weighted by Gasteiger charge is 2.47. The van der Waals surface area contributed by atoms with Crippen molar-refractivity contribution in [3.8, 4) is 0 Å². The zero-order chi connectivity index (χ0) is 23.0. The van der Waals surface area contributed by atoms with Gasteiger partial charge < -0.3 is 5.11 Å². The van der Waals surface area contributed by atoms with E-state index in [2.05, 4.69) is 15.9 Å². The number of carbonyl (C=O) groups is 2. The average Bonchev–Trinajstić information content (AvgIpc) is 3.06. The van der Waals surface area contributed by atoms with Gasteiger partial charge in [-0.15, -0.1) is 0 Å². The monoisotopic (exact) mass is 513 g/mol. The summed E-state index contributed by atoms with van der Waals surface area (Å²) >= 11 is 9.30. The lowest BCUT2D eigenvalue weighted by molar-refractivity contribution is -0.132. The predicted octanol–water partition coefficient (Wildman–Crippen LogP) is 6.43. The van der Waals surface area contributed by atoms with Crippen molar-refractivity contribution >= 4 is 50.7 Å². The summed E-state index contributed by atoms with van der Waals surface area (Å²) in [6, 6.07) is 17.2. The predicted molar refractivity (Wildman–Crippen MR) is 126 cm³/mol. The quantitative estimate of drug-likeness (QED) is 0.248. The van der Waals surface area contributed by atoms with Gasteiger partial charge in [-0.3, -0.25) is 14.5 Å². The van der Waals surface area contributed by atoms with Crippen LogP contribution in [0.2, 0.25) is 5.02 Å². The van der Waals surface area contributed by atoms with Crippen LogP contribution in [0.25, 0.3) is 5.76 Å². The topological polar surface area (TPSA) is 57.6 Å². The molecule has 7 heteroatoms. The highest BCUT2D eigenvalue weighted by atomic mass is 79.9. The Morgan fingerprint density at radius 2 is 1.72 bits per heavy atom. The number of rotatable bonds is 4. The maximum atomic E-state index is 13.8. The molecule has 1 fully saturated rings. The molecule has 0 radical (unpaired) electrons. The Morgan fingerprint density at radius 1 is 1.06 bits per heavy atom. The van der Waals surface area contributed by atoms with E-state index in [0.29, 0.717) is 11.1 Å². The number of ketones is 1. The Balaban J connectivity index is 1.94. The molecule has 4 rings (SSSR count). The van der Waals surface area contributed by atoms with Crippen LogP contribution in [0.1, 0.15) is 29.7 Å². The molecule has 1 atom stereocenters. The molecule has 4 nitrogen and oxygen atoms in total. The molecular formula is C25H18BrClFNO3. The lowest BCUT2D eigenvalue weighted by atomic mass is 9.94. The van der Waals surface area contributed by atoms with Crippen molar-refractivity contribution in [2.75, 3.05) is 4.90 Å². The van der Waals surface area contributed by atoms with Crippen LogP contribution in [-0.2, 0) is 16.0 Å². The van der Waals surface area contributed by atoms with Crippen molar-refractivity contribution in [3.05, 3.63) is 104 Å². The molecule has 1 N–H and O–H groups in total. The van der Waals surface area contributed by atoms with Gasteiger partial charge in [-0.05, 0) is 47.9 Å². The number of amides is 1. The van der Waals surface area contributed by atoms with Crippen LogP contribution >= 0.6 is 27.5 Å². The third-order valence-corrected chi connectivity index (χ3v) is 6.27. The van der Waals surface area contributed by atoms with Crippen LogP contribution in [0.5, 0.6) is 0 Å². The van der Waals surface area contributed by atoms with Gasteiger partial charge in [0.25, 0.3) is 11.7 Å². The molecule has 3 aromatic carbocycles. The second-order valence-electron chi connectivity index (χ2n) is 7.37. The van der Waals surface area contributed by atoms with Gasteiger partial charge in [-0.2, -0.15) is 0 Å². The number of carbonyl (C=O) groups excluding carboxylic acids is 2. The molecule has 1 aliphatic heterocycles. The minimum absolute atomic E-state index is 0.0398.